The summed E-state index contributed by atoms with van der Waals surface area (Å²) in [4.78, 5) is 30.2. The predicted octanol–water partition coefficient (Wildman–Crippen LogP) is 4.18. The Morgan fingerprint density at radius 2 is 1.68 bits per heavy atom. The molecule has 0 aliphatic heterocycles. The number of aromatic nitrogens is 4. The molecule has 0 aliphatic rings. The molecule has 2 N–H and O–H groups in total. The molecule has 2 amide bonds. The molecule has 0 bridgehead atoms. The lowest BCUT2D eigenvalue weighted by Crippen LogP contribution is -2.50. The first-order valence-electron chi connectivity index (χ1n) is 12.0. The summed E-state index contributed by atoms with van der Waals surface area (Å²) in [6, 6.07) is 18.0. The Hall–Kier alpha value is -4.60. The molecule has 0 saturated heterocycles. The monoisotopic (exact) mass is 516 g/mol. The molecule has 10 heteroatoms. The Morgan fingerprint density at radius 3 is 2.32 bits per heavy atom. The van der Waals surface area contributed by atoms with Gasteiger partial charge in [0.1, 0.15) is 24.2 Å². The van der Waals surface area contributed by atoms with E-state index < -0.39 is 23.4 Å². The number of nitrogens with one attached hydrogen (secondary N) is 1. The van der Waals surface area contributed by atoms with Crippen LogP contribution in [0.15, 0.2) is 72.8 Å². The predicted molar refractivity (Wildman–Crippen MR) is 141 cm³/mol. The van der Waals surface area contributed by atoms with Gasteiger partial charge in [-0.3, -0.25) is 14.5 Å². The normalized spacial score (nSPS) is 12.1. The number of carbonyl (C=O) groups is 2. The summed E-state index contributed by atoms with van der Waals surface area (Å²) in [5, 5.41) is 25.1. The van der Waals surface area contributed by atoms with Crippen molar-refractivity contribution >= 4 is 17.5 Å². The molecule has 1 heterocycles. The van der Waals surface area contributed by atoms with Gasteiger partial charge in [0, 0.05) is 16.8 Å². The first kappa shape index (κ1) is 26.5. The standard InChI is InChI=1S/C28H29FN6O3/c1-18-7-5-6-8-23(18)35(25(27(38)30-28(2,3)4)19-11-15-22(36)16-12-19)24(37)17-34-32-26(31-33-34)20-9-13-21(29)14-10-20/h5-16,25,36H,17H2,1-4H3,(H,30,38)/t25-/m0/s1. The summed E-state index contributed by atoms with van der Waals surface area (Å²) in [6.45, 7) is 7.12. The molecule has 9 nitrogen and oxygen atoms in total. The average molecular weight is 517 g/mol. The van der Waals surface area contributed by atoms with Gasteiger partial charge in [0.25, 0.3) is 5.91 Å². The Bertz CT molecular complexity index is 1430. The van der Waals surface area contributed by atoms with Crippen LogP contribution >= 0.6 is 0 Å². The topological polar surface area (TPSA) is 113 Å². The van der Waals surface area contributed by atoms with E-state index in [9.17, 15) is 19.1 Å². The molecular weight excluding hydrogens is 487 g/mol. The van der Waals surface area contributed by atoms with E-state index >= 15 is 0 Å². The zero-order chi connectivity index (χ0) is 27.4. The number of aryl methyl sites for hydroxylation is 1. The Kier molecular flexibility index (Phi) is 7.52. The van der Waals surface area contributed by atoms with Crippen LogP contribution in [0, 0.1) is 12.7 Å². The maximum absolute atomic E-state index is 13.9. The van der Waals surface area contributed by atoms with Crippen molar-refractivity contribution in [3.05, 3.63) is 89.7 Å². The van der Waals surface area contributed by atoms with E-state index in [1.807, 2.05) is 39.8 Å². The van der Waals surface area contributed by atoms with Gasteiger partial charge in [-0.25, -0.2) is 4.39 Å². The summed E-state index contributed by atoms with van der Waals surface area (Å²) in [5.41, 5.74) is 1.82. The van der Waals surface area contributed by atoms with E-state index in [0.29, 0.717) is 16.8 Å². The van der Waals surface area contributed by atoms with Crippen LogP contribution in [-0.2, 0) is 16.1 Å². The fraction of sp³-hybridized carbons (Fsp3) is 0.250. The summed E-state index contributed by atoms with van der Waals surface area (Å²) in [5.74, 6) is -0.958. The first-order valence-corrected chi connectivity index (χ1v) is 12.0. The highest BCUT2D eigenvalue weighted by Crippen LogP contribution is 2.32. The fourth-order valence-electron chi connectivity index (χ4n) is 3.99. The lowest BCUT2D eigenvalue weighted by Gasteiger charge is -2.34. The van der Waals surface area contributed by atoms with Crippen molar-refractivity contribution in [2.45, 2.75) is 45.8 Å². The second kappa shape index (κ2) is 10.8. The average Bonchev–Trinajstić information content (AvgIpc) is 3.31. The number of aromatic hydroxyl groups is 1. The Labute approximate surface area is 219 Å². The van der Waals surface area contributed by atoms with Gasteiger partial charge in [-0.1, -0.05) is 30.3 Å². The van der Waals surface area contributed by atoms with Crippen molar-refractivity contribution in [1.29, 1.82) is 0 Å². The third-order valence-corrected chi connectivity index (χ3v) is 5.69. The smallest absolute Gasteiger partial charge is 0.251 e. The van der Waals surface area contributed by atoms with Gasteiger partial charge in [-0.15, -0.1) is 10.2 Å². The molecule has 1 aromatic heterocycles. The summed E-state index contributed by atoms with van der Waals surface area (Å²) in [7, 11) is 0. The summed E-state index contributed by atoms with van der Waals surface area (Å²) >= 11 is 0. The minimum atomic E-state index is -1.05. The zero-order valence-electron chi connectivity index (χ0n) is 21.6. The second-order valence-electron chi connectivity index (χ2n) is 9.93. The van der Waals surface area contributed by atoms with E-state index in [4.69, 9.17) is 0 Å². The molecule has 0 spiro atoms. The van der Waals surface area contributed by atoms with Crippen LogP contribution in [0.2, 0.25) is 0 Å². The molecule has 0 aliphatic carbocycles. The largest absolute Gasteiger partial charge is 0.508 e. The van der Waals surface area contributed by atoms with E-state index in [1.54, 1.807) is 24.3 Å². The van der Waals surface area contributed by atoms with Gasteiger partial charge >= 0.3 is 0 Å². The highest BCUT2D eigenvalue weighted by Gasteiger charge is 2.35. The number of para-hydroxylation sites is 1. The van der Waals surface area contributed by atoms with Crippen molar-refractivity contribution in [2.24, 2.45) is 0 Å². The second-order valence-corrected chi connectivity index (χ2v) is 9.93. The van der Waals surface area contributed by atoms with Gasteiger partial charge in [-0.2, -0.15) is 4.80 Å². The molecule has 196 valence electrons. The highest BCUT2D eigenvalue weighted by atomic mass is 19.1. The summed E-state index contributed by atoms with van der Waals surface area (Å²) < 4.78 is 13.3. The summed E-state index contributed by atoms with van der Waals surface area (Å²) in [6.07, 6.45) is 0. The van der Waals surface area contributed by atoms with E-state index in [0.717, 1.165) is 10.4 Å². The number of amides is 2. The third kappa shape index (κ3) is 6.20. The SMILES string of the molecule is Cc1ccccc1N(C(=O)Cn1nnc(-c2ccc(F)cc2)n1)[C@H](C(=O)NC(C)(C)C)c1ccc(O)cc1. The molecule has 1 atom stereocenters. The number of phenolic OH excluding ortho intramolecular Hbond substituents is 1. The number of hydrogen-bond donors (Lipinski definition) is 2. The number of benzene rings is 3. The number of nitrogens with zero attached hydrogens (tertiary/aromatic N) is 5. The molecule has 3 aromatic carbocycles. The lowest BCUT2D eigenvalue weighted by atomic mass is 9.99. The molecule has 0 radical (unpaired) electrons. The zero-order valence-corrected chi connectivity index (χ0v) is 21.6. The number of hydrogen-bond acceptors (Lipinski definition) is 6. The number of carbonyl (C=O) groups excluding carboxylic acids is 2. The minimum absolute atomic E-state index is 0.0395. The quantitative estimate of drug-likeness (QED) is 0.381. The van der Waals surface area contributed by atoms with Gasteiger partial charge in [0.2, 0.25) is 11.7 Å². The van der Waals surface area contributed by atoms with Crippen LogP contribution in [0.25, 0.3) is 11.4 Å². The van der Waals surface area contributed by atoms with Crippen molar-refractivity contribution in [3.63, 3.8) is 0 Å². The van der Waals surface area contributed by atoms with Crippen LogP contribution in [0.1, 0.15) is 37.9 Å². The van der Waals surface area contributed by atoms with E-state index in [2.05, 4.69) is 20.7 Å². The molecule has 4 aromatic rings. The fourth-order valence-corrected chi connectivity index (χ4v) is 3.99. The van der Waals surface area contributed by atoms with Crippen molar-refractivity contribution < 1.29 is 19.1 Å². The number of rotatable bonds is 7. The number of anilines is 1. The van der Waals surface area contributed by atoms with E-state index in [-0.39, 0.29) is 23.9 Å². The Morgan fingerprint density at radius 1 is 1.03 bits per heavy atom. The van der Waals surface area contributed by atoms with Crippen molar-refractivity contribution in [2.75, 3.05) is 4.90 Å². The molecule has 38 heavy (non-hydrogen) atoms. The van der Waals surface area contributed by atoms with Gasteiger partial charge in [0.05, 0.1) is 0 Å². The van der Waals surface area contributed by atoms with E-state index in [1.165, 1.54) is 41.3 Å². The van der Waals surface area contributed by atoms with Crippen LogP contribution in [0.3, 0.4) is 0 Å². The first-order chi connectivity index (χ1) is 18.0. The lowest BCUT2D eigenvalue weighted by molar-refractivity contribution is -0.128. The number of halogens is 1. The molecule has 0 fully saturated rings. The maximum Gasteiger partial charge on any atom is 0.251 e. The molecular formula is C28H29FN6O3. The Balaban J connectivity index is 1.75. The van der Waals surface area contributed by atoms with Crippen LogP contribution in [0.4, 0.5) is 10.1 Å². The van der Waals surface area contributed by atoms with Crippen LogP contribution in [0.5, 0.6) is 5.75 Å². The van der Waals surface area contributed by atoms with Crippen LogP contribution < -0.4 is 10.2 Å². The molecule has 0 saturated carbocycles. The van der Waals surface area contributed by atoms with Crippen molar-refractivity contribution in [1.82, 2.24) is 25.5 Å². The van der Waals surface area contributed by atoms with Gasteiger partial charge < -0.3 is 10.4 Å². The maximum atomic E-state index is 13.9. The van der Waals surface area contributed by atoms with Gasteiger partial charge in [-0.05, 0) is 86.5 Å². The van der Waals surface area contributed by atoms with Crippen LogP contribution in [-0.4, -0.2) is 42.7 Å². The number of tetrazole rings is 1. The third-order valence-electron chi connectivity index (χ3n) is 5.69. The van der Waals surface area contributed by atoms with Gasteiger partial charge in [0.15, 0.2) is 0 Å². The van der Waals surface area contributed by atoms with Crippen molar-refractivity contribution in [3.8, 4) is 17.1 Å². The number of phenols is 1. The minimum Gasteiger partial charge on any atom is -0.508 e. The molecule has 4 rings (SSSR count). The highest BCUT2D eigenvalue weighted by molar-refractivity contribution is 6.01. The molecule has 0 unspecified atom stereocenters.